The number of nitrogen functional groups attached to an aromatic ring is 1. The van der Waals surface area contributed by atoms with Gasteiger partial charge in [0.1, 0.15) is 11.6 Å². The molecule has 4 rings (SSSR count). The molecule has 0 spiro atoms. The largest absolute Gasteiger partial charge is 0.494 e. The molecule has 3 N–H and O–H groups in total. The number of fused-ring (bicyclic) bond motifs is 1. The molecule has 27 heavy (non-hydrogen) atoms. The number of rotatable bonds is 5. The summed E-state index contributed by atoms with van der Waals surface area (Å²) in [5.74, 6) is 2.03. The molecule has 1 aliphatic rings. The van der Waals surface area contributed by atoms with Crippen LogP contribution in [0.15, 0.2) is 42.5 Å². The number of benzene rings is 2. The van der Waals surface area contributed by atoms with Gasteiger partial charge in [-0.2, -0.15) is 4.98 Å². The van der Waals surface area contributed by atoms with Crippen LogP contribution in [-0.4, -0.2) is 22.6 Å². The molecule has 2 aromatic carbocycles. The Kier molecular flexibility index (Phi) is 5.10. The van der Waals surface area contributed by atoms with Gasteiger partial charge in [0.25, 0.3) is 0 Å². The Hall–Kier alpha value is -2.82. The Morgan fingerprint density at radius 1 is 1.04 bits per heavy atom. The first-order valence-electron chi connectivity index (χ1n) is 9.80. The van der Waals surface area contributed by atoms with Crippen molar-refractivity contribution in [2.45, 2.75) is 45.1 Å². The Morgan fingerprint density at radius 3 is 2.67 bits per heavy atom. The Labute approximate surface area is 160 Å². The van der Waals surface area contributed by atoms with Gasteiger partial charge in [-0.1, -0.05) is 37.5 Å². The topological polar surface area (TPSA) is 73.1 Å². The van der Waals surface area contributed by atoms with Crippen molar-refractivity contribution in [3.63, 3.8) is 0 Å². The SMILES string of the molecule is CCOc1cccc(-c2ccc3nc(N)nc(NC4CCCCC4)c3c2)c1. The zero-order valence-corrected chi connectivity index (χ0v) is 15.7. The summed E-state index contributed by atoms with van der Waals surface area (Å²) in [5, 5.41) is 4.63. The van der Waals surface area contributed by atoms with Crippen LogP contribution in [0.3, 0.4) is 0 Å². The van der Waals surface area contributed by atoms with Gasteiger partial charge in [-0.05, 0) is 55.2 Å². The second-order valence-corrected chi connectivity index (χ2v) is 7.10. The molecular formula is C22H26N4O. The minimum absolute atomic E-state index is 0.312. The van der Waals surface area contributed by atoms with Gasteiger partial charge >= 0.3 is 0 Å². The third-order valence-corrected chi connectivity index (χ3v) is 5.14. The van der Waals surface area contributed by atoms with E-state index in [0.717, 1.165) is 33.6 Å². The van der Waals surface area contributed by atoms with Crippen molar-refractivity contribution in [3.05, 3.63) is 42.5 Å². The van der Waals surface area contributed by atoms with E-state index in [0.29, 0.717) is 18.6 Å². The van der Waals surface area contributed by atoms with Crippen molar-refractivity contribution >= 4 is 22.7 Å². The van der Waals surface area contributed by atoms with Crippen molar-refractivity contribution in [2.24, 2.45) is 0 Å². The van der Waals surface area contributed by atoms with Crippen molar-refractivity contribution in [1.29, 1.82) is 0 Å². The van der Waals surface area contributed by atoms with E-state index < -0.39 is 0 Å². The number of anilines is 2. The lowest BCUT2D eigenvalue weighted by Gasteiger charge is -2.24. The van der Waals surface area contributed by atoms with Crippen LogP contribution in [0.4, 0.5) is 11.8 Å². The van der Waals surface area contributed by atoms with Crippen LogP contribution in [0.1, 0.15) is 39.0 Å². The lowest BCUT2D eigenvalue weighted by molar-refractivity contribution is 0.340. The van der Waals surface area contributed by atoms with Crippen molar-refractivity contribution in [2.75, 3.05) is 17.7 Å². The zero-order chi connectivity index (χ0) is 18.6. The van der Waals surface area contributed by atoms with Gasteiger partial charge in [0, 0.05) is 11.4 Å². The van der Waals surface area contributed by atoms with Crippen LogP contribution in [-0.2, 0) is 0 Å². The van der Waals surface area contributed by atoms with E-state index >= 15 is 0 Å². The maximum atomic E-state index is 5.95. The molecule has 1 aromatic heterocycles. The van der Waals surface area contributed by atoms with E-state index in [-0.39, 0.29) is 0 Å². The number of nitrogens with two attached hydrogens (primary N) is 1. The summed E-state index contributed by atoms with van der Waals surface area (Å²) in [6.07, 6.45) is 6.23. The maximum absolute atomic E-state index is 5.95. The molecule has 0 atom stereocenters. The molecule has 1 fully saturated rings. The summed E-state index contributed by atoms with van der Waals surface area (Å²) in [4.78, 5) is 8.92. The second-order valence-electron chi connectivity index (χ2n) is 7.10. The lowest BCUT2D eigenvalue weighted by atomic mass is 9.95. The number of hydrogen-bond donors (Lipinski definition) is 2. The highest BCUT2D eigenvalue weighted by atomic mass is 16.5. The van der Waals surface area contributed by atoms with Gasteiger partial charge < -0.3 is 15.8 Å². The number of nitrogens with zero attached hydrogens (tertiary/aromatic N) is 2. The third kappa shape index (κ3) is 3.97. The molecule has 0 amide bonds. The number of nitrogens with one attached hydrogen (secondary N) is 1. The highest BCUT2D eigenvalue weighted by Crippen LogP contribution is 2.31. The fourth-order valence-corrected chi connectivity index (χ4v) is 3.81. The summed E-state index contributed by atoms with van der Waals surface area (Å²) >= 11 is 0. The molecule has 1 aliphatic carbocycles. The van der Waals surface area contributed by atoms with E-state index in [1.54, 1.807) is 0 Å². The van der Waals surface area contributed by atoms with Crippen molar-refractivity contribution in [3.8, 4) is 16.9 Å². The van der Waals surface area contributed by atoms with E-state index in [1.165, 1.54) is 32.1 Å². The van der Waals surface area contributed by atoms with E-state index in [4.69, 9.17) is 10.5 Å². The fourth-order valence-electron chi connectivity index (χ4n) is 3.81. The lowest BCUT2D eigenvalue weighted by Crippen LogP contribution is -2.23. The minimum atomic E-state index is 0.312. The molecule has 1 saturated carbocycles. The van der Waals surface area contributed by atoms with E-state index in [2.05, 4.69) is 39.6 Å². The minimum Gasteiger partial charge on any atom is -0.494 e. The summed E-state index contributed by atoms with van der Waals surface area (Å²) < 4.78 is 5.64. The molecule has 3 aromatic rings. The van der Waals surface area contributed by atoms with Crippen LogP contribution in [0.5, 0.6) is 5.75 Å². The molecular weight excluding hydrogens is 336 g/mol. The molecule has 0 saturated heterocycles. The van der Waals surface area contributed by atoms with Crippen molar-refractivity contribution in [1.82, 2.24) is 9.97 Å². The molecule has 0 unspecified atom stereocenters. The summed E-state index contributed by atoms with van der Waals surface area (Å²) in [6, 6.07) is 14.9. The maximum Gasteiger partial charge on any atom is 0.222 e. The third-order valence-electron chi connectivity index (χ3n) is 5.14. The van der Waals surface area contributed by atoms with Crippen molar-refractivity contribution < 1.29 is 4.74 Å². The molecule has 0 bridgehead atoms. The van der Waals surface area contributed by atoms with E-state index in [9.17, 15) is 0 Å². The van der Waals surface area contributed by atoms with Gasteiger partial charge in [0.2, 0.25) is 5.95 Å². The molecule has 0 aliphatic heterocycles. The van der Waals surface area contributed by atoms with Crippen LogP contribution < -0.4 is 15.8 Å². The monoisotopic (exact) mass is 362 g/mol. The first-order chi connectivity index (χ1) is 13.2. The van der Waals surface area contributed by atoms with Gasteiger partial charge in [0.15, 0.2) is 0 Å². The van der Waals surface area contributed by atoms with Gasteiger partial charge in [-0.3, -0.25) is 0 Å². The standard InChI is InChI=1S/C22H26N4O/c1-2-27-18-10-6-7-15(13-18)16-11-12-20-19(14-16)21(26-22(23)25-20)24-17-8-4-3-5-9-17/h6-7,10-14,17H,2-5,8-9H2,1H3,(H3,23,24,25,26). The first kappa shape index (κ1) is 17.6. The van der Waals surface area contributed by atoms with Crippen LogP contribution in [0, 0.1) is 0 Å². The number of aromatic nitrogens is 2. The fraction of sp³-hybridized carbons (Fsp3) is 0.364. The predicted molar refractivity (Wildman–Crippen MR) is 111 cm³/mol. The second kappa shape index (κ2) is 7.82. The molecule has 1 heterocycles. The Balaban J connectivity index is 1.72. The number of ether oxygens (including phenoxy) is 1. The smallest absolute Gasteiger partial charge is 0.222 e. The van der Waals surface area contributed by atoms with Gasteiger partial charge in [0.05, 0.1) is 12.1 Å². The summed E-state index contributed by atoms with van der Waals surface area (Å²) in [7, 11) is 0. The average Bonchev–Trinajstić information content (AvgIpc) is 2.69. The summed E-state index contributed by atoms with van der Waals surface area (Å²) in [5.41, 5.74) is 9.05. The Morgan fingerprint density at radius 2 is 1.85 bits per heavy atom. The molecule has 0 radical (unpaired) electrons. The number of hydrogen-bond acceptors (Lipinski definition) is 5. The zero-order valence-electron chi connectivity index (χ0n) is 15.7. The molecule has 5 heteroatoms. The van der Waals surface area contributed by atoms with Crippen LogP contribution >= 0.6 is 0 Å². The molecule has 5 nitrogen and oxygen atoms in total. The van der Waals surface area contributed by atoms with Gasteiger partial charge in [-0.25, -0.2) is 4.98 Å². The van der Waals surface area contributed by atoms with Gasteiger partial charge in [-0.15, -0.1) is 0 Å². The average molecular weight is 362 g/mol. The highest BCUT2D eigenvalue weighted by Gasteiger charge is 2.16. The molecule has 140 valence electrons. The highest BCUT2D eigenvalue weighted by molar-refractivity contribution is 5.93. The quantitative estimate of drug-likeness (QED) is 0.666. The summed E-state index contributed by atoms with van der Waals surface area (Å²) in [6.45, 7) is 2.65. The normalized spacial score (nSPS) is 15.0. The van der Waals surface area contributed by atoms with Crippen LogP contribution in [0.2, 0.25) is 0 Å². The Bertz CT molecular complexity index is 935. The first-order valence-corrected chi connectivity index (χ1v) is 9.80. The van der Waals surface area contributed by atoms with E-state index in [1.807, 2.05) is 25.1 Å². The predicted octanol–water partition coefficient (Wildman–Crippen LogP) is 5.02. The van der Waals surface area contributed by atoms with Crippen LogP contribution in [0.25, 0.3) is 22.0 Å².